The molecule has 0 atom stereocenters. The van der Waals surface area contributed by atoms with Crippen LogP contribution in [-0.4, -0.2) is 16.5 Å². The van der Waals surface area contributed by atoms with Gasteiger partial charge in [0.25, 0.3) is 0 Å². The van der Waals surface area contributed by atoms with Crippen molar-refractivity contribution in [2.45, 2.75) is 6.42 Å². The standard InChI is InChI=1S/C12H13N3S2/c13-12(16)9-3-5-14-11(8-9)15-6-4-10-2-1-7-17-10/h1-3,5,7-8H,4,6H2,(H2,13,16)(H,14,15). The van der Waals surface area contributed by atoms with Gasteiger partial charge in [0.2, 0.25) is 0 Å². The predicted octanol–water partition coefficient (Wildman–Crippen LogP) is 2.43. The molecule has 0 aliphatic rings. The van der Waals surface area contributed by atoms with Gasteiger partial charge in [-0.25, -0.2) is 4.98 Å². The van der Waals surface area contributed by atoms with Crippen molar-refractivity contribution in [1.82, 2.24) is 4.98 Å². The van der Waals surface area contributed by atoms with Crippen molar-refractivity contribution < 1.29 is 0 Å². The number of rotatable bonds is 5. The summed E-state index contributed by atoms with van der Waals surface area (Å²) in [5, 5.41) is 5.34. The minimum Gasteiger partial charge on any atom is -0.389 e. The first-order valence-corrected chi connectivity index (χ1v) is 6.56. The zero-order valence-corrected chi connectivity index (χ0v) is 10.9. The summed E-state index contributed by atoms with van der Waals surface area (Å²) < 4.78 is 0. The first-order chi connectivity index (χ1) is 8.25. The highest BCUT2D eigenvalue weighted by molar-refractivity contribution is 7.80. The number of hydrogen-bond donors (Lipinski definition) is 2. The number of nitrogens with zero attached hydrogens (tertiary/aromatic N) is 1. The highest BCUT2D eigenvalue weighted by atomic mass is 32.1. The second-order valence-electron chi connectivity index (χ2n) is 3.55. The van der Waals surface area contributed by atoms with Gasteiger partial charge >= 0.3 is 0 Å². The first kappa shape index (κ1) is 12.0. The van der Waals surface area contributed by atoms with Crippen molar-refractivity contribution in [2.75, 3.05) is 11.9 Å². The van der Waals surface area contributed by atoms with Gasteiger partial charge in [0.05, 0.1) is 0 Å². The summed E-state index contributed by atoms with van der Waals surface area (Å²) in [6.45, 7) is 0.855. The zero-order chi connectivity index (χ0) is 12.1. The summed E-state index contributed by atoms with van der Waals surface area (Å²) in [7, 11) is 0. The number of hydrogen-bond acceptors (Lipinski definition) is 4. The van der Waals surface area contributed by atoms with Crippen LogP contribution in [0, 0.1) is 0 Å². The van der Waals surface area contributed by atoms with Crippen LogP contribution in [0.2, 0.25) is 0 Å². The highest BCUT2D eigenvalue weighted by Gasteiger charge is 1.99. The lowest BCUT2D eigenvalue weighted by atomic mass is 10.2. The van der Waals surface area contributed by atoms with Crippen LogP contribution in [0.3, 0.4) is 0 Å². The van der Waals surface area contributed by atoms with Gasteiger partial charge in [0.1, 0.15) is 10.8 Å². The Morgan fingerprint density at radius 3 is 3.06 bits per heavy atom. The maximum atomic E-state index is 5.57. The quantitative estimate of drug-likeness (QED) is 0.814. The summed E-state index contributed by atoms with van der Waals surface area (Å²) in [5.74, 6) is 0.812. The van der Waals surface area contributed by atoms with Gasteiger partial charge in [-0.15, -0.1) is 11.3 Å². The second-order valence-corrected chi connectivity index (χ2v) is 5.02. The molecule has 2 aromatic heterocycles. The lowest BCUT2D eigenvalue weighted by molar-refractivity contribution is 1.03. The van der Waals surface area contributed by atoms with Crippen LogP contribution < -0.4 is 11.1 Å². The Kier molecular flexibility index (Phi) is 4.06. The van der Waals surface area contributed by atoms with Gasteiger partial charge < -0.3 is 11.1 Å². The van der Waals surface area contributed by atoms with Gasteiger partial charge in [-0.2, -0.15) is 0 Å². The molecule has 0 saturated heterocycles. The van der Waals surface area contributed by atoms with Crippen molar-refractivity contribution in [3.05, 3.63) is 46.3 Å². The van der Waals surface area contributed by atoms with Crippen LogP contribution in [-0.2, 0) is 6.42 Å². The van der Waals surface area contributed by atoms with Crippen LogP contribution in [0.4, 0.5) is 5.82 Å². The molecule has 0 radical (unpaired) electrons. The molecular weight excluding hydrogens is 250 g/mol. The summed E-state index contributed by atoms with van der Waals surface area (Å²) in [4.78, 5) is 5.98. The molecular formula is C12H13N3S2. The minimum atomic E-state index is 0.397. The van der Waals surface area contributed by atoms with Gasteiger partial charge in [-0.1, -0.05) is 18.3 Å². The number of thiocarbonyl (C=S) groups is 1. The van der Waals surface area contributed by atoms with E-state index in [0.717, 1.165) is 24.3 Å². The van der Waals surface area contributed by atoms with E-state index in [1.54, 1.807) is 17.5 Å². The smallest absolute Gasteiger partial charge is 0.126 e. The van der Waals surface area contributed by atoms with Gasteiger partial charge in [-0.3, -0.25) is 0 Å². The molecule has 0 aromatic carbocycles. The van der Waals surface area contributed by atoms with Gasteiger partial charge in [0.15, 0.2) is 0 Å². The third-order valence-corrected chi connectivity index (χ3v) is 3.47. The Labute approximate surface area is 110 Å². The third kappa shape index (κ3) is 3.51. The Hall–Kier alpha value is -1.46. The Balaban J connectivity index is 1.90. The van der Waals surface area contributed by atoms with E-state index in [9.17, 15) is 0 Å². The number of nitrogens with two attached hydrogens (primary N) is 1. The van der Waals surface area contributed by atoms with Gasteiger partial charge in [-0.05, 0) is 30.0 Å². The summed E-state index contributed by atoms with van der Waals surface area (Å²) in [6.07, 6.45) is 2.71. The van der Waals surface area contributed by atoms with E-state index in [1.807, 2.05) is 12.1 Å². The molecule has 0 amide bonds. The lowest BCUT2D eigenvalue weighted by Crippen LogP contribution is -2.11. The Morgan fingerprint density at radius 1 is 1.47 bits per heavy atom. The molecule has 0 unspecified atom stereocenters. The number of aromatic nitrogens is 1. The second kappa shape index (κ2) is 5.75. The van der Waals surface area contributed by atoms with E-state index in [0.29, 0.717) is 4.99 Å². The summed E-state index contributed by atoms with van der Waals surface area (Å²) >= 11 is 6.69. The number of nitrogens with one attached hydrogen (secondary N) is 1. The molecule has 0 aliphatic carbocycles. The molecule has 2 heterocycles. The van der Waals surface area contributed by atoms with E-state index in [2.05, 4.69) is 27.8 Å². The van der Waals surface area contributed by atoms with E-state index < -0.39 is 0 Å². The molecule has 0 fully saturated rings. The minimum absolute atomic E-state index is 0.397. The molecule has 0 saturated carbocycles. The van der Waals surface area contributed by atoms with E-state index in [1.165, 1.54) is 4.88 Å². The molecule has 2 aromatic rings. The van der Waals surface area contributed by atoms with Crippen LogP contribution in [0.1, 0.15) is 10.4 Å². The van der Waals surface area contributed by atoms with Crippen molar-refractivity contribution in [3.8, 4) is 0 Å². The number of thiophene rings is 1. The normalized spacial score (nSPS) is 10.1. The predicted molar refractivity (Wildman–Crippen MR) is 76.6 cm³/mol. The number of pyridine rings is 1. The van der Waals surface area contributed by atoms with Gasteiger partial charge in [0, 0.05) is 23.2 Å². The molecule has 5 heteroatoms. The molecule has 17 heavy (non-hydrogen) atoms. The van der Waals surface area contributed by atoms with Crippen LogP contribution in [0.5, 0.6) is 0 Å². The molecule has 0 bridgehead atoms. The monoisotopic (exact) mass is 263 g/mol. The maximum Gasteiger partial charge on any atom is 0.126 e. The topological polar surface area (TPSA) is 50.9 Å². The SMILES string of the molecule is NC(=S)c1ccnc(NCCc2cccs2)c1. The van der Waals surface area contributed by atoms with E-state index in [4.69, 9.17) is 18.0 Å². The molecule has 3 nitrogen and oxygen atoms in total. The van der Waals surface area contributed by atoms with Crippen molar-refractivity contribution in [2.24, 2.45) is 5.73 Å². The Bertz CT molecular complexity index is 494. The summed E-state index contributed by atoms with van der Waals surface area (Å²) in [6, 6.07) is 7.88. The van der Waals surface area contributed by atoms with Crippen LogP contribution >= 0.6 is 23.6 Å². The third-order valence-electron chi connectivity index (χ3n) is 2.30. The van der Waals surface area contributed by atoms with E-state index in [-0.39, 0.29) is 0 Å². The number of anilines is 1. The average molecular weight is 263 g/mol. The largest absolute Gasteiger partial charge is 0.389 e. The Morgan fingerprint density at radius 2 is 2.35 bits per heavy atom. The maximum absolute atomic E-state index is 5.57. The van der Waals surface area contributed by atoms with Crippen molar-refractivity contribution in [1.29, 1.82) is 0 Å². The fourth-order valence-electron chi connectivity index (χ4n) is 1.45. The average Bonchev–Trinajstić information content (AvgIpc) is 2.82. The van der Waals surface area contributed by atoms with Crippen molar-refractivity contribution in [3.63, 3.8) is 0 Å². The zero-order valence-electron chi connectivity index (χ0n) is 9.22. The van der Waals surface area contributed by atoms with Crippen molar-refractivity contribution >= 4 is 34.4 Å². The molecule has 2 rings (SSSR count). The first-order valence-electron chi connectivity index (χ1n) is 5.28. The molecule has 0 aliphatic heterocycles. The summed E-state index contributed by atoms with van der Waals surface area (Å²) in [5.41, 5.74) is 6.41. The molecule has 3 N–H and O–H groups in total. The fraction of sp³-hybridized carbons (Fsp3) is 0.167. The van der Waals surface area contributed by atoms with Crippen LogP contribution in [0.25, 0.3) is 0 Å². The van der Waals surface area contributed by atoms with E-state index >= 15 is 0 Å². The molecule has 88 valence electrons. The lowest BCUT2D eigenvalue weighted by Gasteiger charge is -2.05. The van der Waals surface area contributed by atoms with Crippen LogP contribution in [0.15, 0.2) is 35.8 Å². The molecule has 0 spiro atoms. The highest BCUT2D eigenvalue weighted by Crippen LogP contribution is 2.10. The fourth-order valence-corrected chi connectivity index (χ4v) is 2.29.